The largest absolute Gasteiger partial charge is 0.493 e. The highest BCUT2D eigenvalue weighted by molar-refractivity contribution is 5.86. The summed E-state index contributed by atoms with van der Waals surface area (Å²) in [6.45, 7) is 1.34. The Balaban J connectivity index is 1.89. The number of carboxylic acids is 1. The van der Waals surface area contributed by atoms with Gasteiger partial charge in [-0.05, 0) is 31.7 Å². The Morgan fingerprint density at radius 1 is 1.43 bits per heavy atom. The van der Waals surface area contributed by atoms with Gasteiger partial charge in [0.1, 0.15) is 6.10 Å². The van der Waals surface area contributed by atoms with Crippen LogP contribution < -0.4 is 9.47 Å². The maximum absolute atomic E-state index is 11.5. The van der Waals surface area contributed by atoms with Gasteiger partial charge in [-0.15, -0.1) is 0 Å². The minimum atomic E-state index is -0.798. The van der Waals surface area contributed by atoms with Crippen LogP contribution >= 0.6 is 0 Å². The number of para-hydroxylation sites is 1. The molecule has 3 rings (SSSR count). The molecular formula is C16H20O5. The minimum absolute atomic E-state index is 0.00267. The van der Waals surface area contributed by atoms with Gasteiger partial charge in [0.05, 0.1) is 19.1 Å². The predicted molar refractivity (Wildman–Crippen MR) is 76.0 cm³/mol. The molecule has 1 heterocycles. The molecule has 0 spiro atoms. The van der Waals surface area contributed by atoms with Crippen LogP contribution in [0, 0.1) is 0 Å². The van der Waals surface area contributed by atoms with E-state index in [1.165, 1.54) is 0 Å². The Morgan fingerprint density at radius 2 is 2.24 bits per heavy atom. The van der Waals surface area contributed by atoms with E-state index in [4.69, 9.17) is 14.2 Å². The van der Waals surface area contributed by atoms with Crippen LogP contribution in [-0.4, -0.2) is 37.5 Å². The number of ether oxygens (including phenoxy) is 3. The third kappa shape index (κ3) is 2.58. The highest BCUT2D eigenvalue weighted by atomic mass is 16.5. The van der Waals surface area contributed by atoms with Gasteiger partial charge in [-0.3, -0.25) is 4.79 Å². The molecule has 114 valence electrons. The fourth-order valence-electron chi connectivity index (χ4n) is 2.90. The summed E-state index contributed by atoms with van der Waals surface area (Å²) < 4.78 is 16.9. The van der Waals surface area contributed by atoms with Crippen LogP contribution in [0.5, 0.6) is 11.5 Å². The van der Waals surface area contributed by atoms with Gasteiger partial charge in [-0.25, -0.2) is 0 Å². The number of carbonyl (C=O) groups is 1. The summed E-state index contributed by atoms with van der Waals surface area (Å²) in [5.74, 6) is 0.361. The van der Waals surface area contributed by atoms with Gasteiger partial charge in [-0.1, -0.05) is 12.1 Å². The van der Waals surface area contributed by atoms with Gasteiger partial charge in [0.25, 0.3) is 0 Å². The molecule has 1 saturated heterocycles. The van der Waals surface area contributed by atoms with E-state index >= 15 is 0 Å². The van der Waals surface area contributed by atoms with Gasteiger partial charge >= 0.3 is 5.97 Å². The molecule has 2 fully saturated rings. The fraction of sp³-hybridized carbons (Fsp3) is 0.562. The Kier molecular flexibility index (Phi) is 3.76. The highest BCUT2D eigenvalue weighted by Gasteiger charge is 2.53. The third-order valence-corrected chi connectivity index (χ3v) is 4.27. The van der Waals surface area contributed by atoms with Crippen LogP contribution in [0.25, 0.3) is 0 Å². The van der Waals surface area contributed by atoms with Gasteiger partial charge < -0.3 is 19.3 Å². The lowest BCUT2D eigenvalue weighted by Crippen LogP contribution is -2.28. The van der Waals surface area contributed by atoms with Crippen molar-refractivity contribution in [3.05, 3.63) is 23.8 Å². The van der Waals surface area contributed by atoms with E-state index in [9.17, 15) is 9.90 Å². The van der Waals surface area contributed by atoms with E-state index in [1.807, 2.05) is 18.2 Å². The molecule has 1 N–H and O–H groups in total. The molecule has 1 aliphatic heterocycles. The molecule has 21 heavy (non-hydrogen) atoms. The zero-order chi connectivity index (χ0) is 14.9. The van der Waals surface area contributed by atoms with E-state index in [0.717, 1.165) is 19.4 Å². The van der Waals surface area contributed by atoms with Crippen molar-refractivity contribution >= 4 is 5.97 Å². The van der Waals surface area contributed by atoms with Crippen molar-refractivity contribution in [2.24, 2.45) is 0 Å². The van der Waals surface area contributed by atoms with E-state index in [2.05, 4.69) is 0 Å². The number of benzene rings is 1. The average Bonchev–Trinajstić information content (AvgIpc) is 3.30. The molecule has 0 radical (unpaired) electrons. The van der Waals surface area contributed by atoms with Crippen LogP contribution in [0.15, 0.2) is 18.2 Å². The molecule has 0 aromatic heterocycles. The number of rotatable bonds is 5. The first kappa shape index (κ1) is 14.2. The second kappa shape index (κ2) is 5.56. The van der Waals surface area contributed by atoms with Crippen molar-refractivity contribution in [3.63, 3.8) is 0 Å². The van der Waals surface area contributed by atoms with Crippen LogP contribution in [-0.2, 0) is 14.9 Å². The van der Waals surface area contributed by atoms with Crippen molar-refractivity contribution in [1.29, 1.82) is 0 Å². The van der Waals surface area contributed by atoms with Crippen LogP contribution in [0.2, 0.25) is 0 Å². The van der Waals surface area contributed by atoms with Gasteiger partial charge in [0.15, 0.2) is 11.5 Å². The smallest absolute Gasteiger partial charge is 0.314 e. The Hall–Kier alpha value is -1.75. The molecule has 2 aliphatic rings. The zero-order valence-electron chi connectivity index (χ0n) is 12.1. The normalized spacial score (nSPS) is 23.4. The number of hydrogen-bond acceptors (Lipinski definition) is 4. The monoisotopic (exact) mass is 292 g/mol. The lowest BCUT2D eigenvalue weighted by Gasteiger charge is -2.25. The van der Waals surface area contributed by atoms with E-state index in [0.29, 0.717) is 36.5 Å². The van der Waals surface area contributed by atoms with Crippen LogP contribution in [0.3, 0.4) is 0 Å². The van der Waals surface area contributed by atoms with E-state index in [1.54, 1.807) is 7.11 Å². The standard InChI is InChI=1S/C16H20O5/c1-19-14-12(16(7-8-16)15(17)18)5-2-6-13(14)21-11-4-3-9-20-10-11/h2,5-6,11H,3-4,7-10H2,1H3,(H,17,18). The second-order valence-corrected chi connectivity index (χ2v) is 5.68. The summed E-state index contributed by atoms with van der Waals surface area (Å²) in [5.41, 5.74) is -0.0833. The fourth-order valence-corrected chi connectivity index (χ4v) is 2.90. The molecule has 1 unspecified atom stereocenters. The number of carboxylic acid groups (broad SMARTS) is 1. The Morgan fingerprint density at radius 3 is 2.81 bits per heavy atom. The lowest BCUT2D eigenvalue weighted by molar-refractivity contribution is -0.140. The predicted octanol–water partition coefficient (Wildman–Crippen LogP) is 2.37. The molecule has 1 saturated carbocycles. The summed E-state index contributed by atoms with van der Waals surface area (Å²) in [5, 5.41) is 9.47. The van der Waals surface area contributed by atoms with Gasteiger partial charge in [0.2, 0.25) is 0 Å². The average molecular weight is 292 g/mol. The minimum Gasteiger partial charge on any atom is -0.493 e. The summed E-state index contributed by atoms with van der Waals surface area (Å²) >= 11 is 0. The van der Waals surface area contributed by atoms with Gasteiger partial charge in [-0.2, -0.15) is 0 Å². The van der Waals surface area contributed by atoms with E-state index < -0.39 is 11.4 Å². The molecule has 5 nitrogen and oxygen atoms in total. The third-order valence-electron chi connectivity index (χ3n) is 4.27. The maximum atomic E-state index is 11.5. The SMILES string of the molecule is COc1c(OC2CCCOC2)cccc1C1(C(=O)O)CC1. The van der Waals surface area contributed by atoms with Crippen molar-refractivity contribution < 1.29 is 24.1 Å². The molecule has 1 aliphatic carbocycles. The first-order valence-electron chi connectivity index (χ1n) is 7.32. The molecule has 0 bridgehead atoms. The van der Waals surface area contributed by atoms with E-state index in [-0.39, 0.29) is 6.10 Å². The molecule has 1 aromatic carbocycles. The summed E-state index contributed by atoms with van der Waals surface area (Å²) in [6.07, 6.45) is 3.22. The topological polar surface area (TPSA) is 65.0 Å². The number of methoxy groups -OCH3 is 1. The van der Waals surface area contributed by atoms with Crippen molar-refractivity contribution in [3.8, 4) is 11.5 Å². The summed E-state index contributed by atoms with van der Waals surface area (Å²) in [6, 6.07) is 5.49. The van der Waals surface area contributed by atoms with Gasteiger partial charge in [0, 0.05) is 12.2 Å². The van der Waals surface area contributed by atoms with Crippen molar-refractivity contribution in [1.82, 2.24) is 0 Å². The summed E-state index contributed by atoms with van der Waals surface area (Å²) in [7, 11) is 1.56. The first-order chi connectivity index (χ1) is 10.2. The van der Waals surface area contributed by atoms with Crippen molar-refractivity contribution in [2.75, 3.05) is 20.3 Å². The van der Waals surface area contributed by atoms with Crippen LogP contribution in [0.1, 0.15) is 31.2 Å². The number of hydrogen-bond donors (Lipinski definition) is 1. The lowest BCUT2D eigenvalue weighted by atomic mass is 9.94. The molecule has 5 heteroatoms. The Labute approximate surface area is 123 Å². The second-order valence-electron chi connectivity index (χ2n) is 5.68. The molecule has 0 amide bonds. The quantitative estimate of drug-likeness (QED) is 0.902. The summed E-state index contributed by atoms with van der Waals surface area (Å²) in [4.78, 5) is 11.5. The van der Waals surface area contributed by atoms with Crippen LogP contribution in [0.4, 0.5) is 0 Å². The molecule has 1 atom stereocenters. The zero-order valence-corrected chi connectivity index (χ0v) is 12.1. The first-order valence-corrected chi connectivity index (χ1v) is 7.32. The highest BCUT2D eigenvalue weighted by Crippen LogP contribution is 2.53. The number of aliphatic carboxylic acids is 1. The molecule has 1 aromatic rings. The maximum Gasteiger partial charge on any atom is 0.314 e. The Bertz CT molecular complexity index is 529. The van der Waals surface area contributed by atoms with Crippen molar-refractivity contribution in [2.45, 2.75) is 37.2 Å². The molecular weight excluding hydrogens is 272 g/mol.